The molecule has 0 atom stereocenters. The number of sulfonamides is 1. The van der Waals surface area contributed by atoms with Crippen molar-refractivity contribution in [1.29, 1.82) is 0 Å². The molecule has 0 spiro atoms. The van der Waals surface area contributed by atoms with Gasteiger partial charge in [0.05, 0.1) is 0 Å². The van der Waals surface area contributed by atoms with Gasteiger partial charge in [0.15, 0.2) is 23.3 Å². The van der Waals surface area contributed by atoms with Crippen LogP contribution >= 0.6 is 0 Å². The number of benzene rings is 3. The molecule has 1 amide bonds. The number of amides is 1. The van der Waals surface area contributed by atoms with Gasteiger partial charge in [0.25, 0.3) is 5.91 Å². The predicted octanol–water partition coefficient (Wildman–Crippen LogP) is 3.89. The van der Waals surface area contributed by atoms with E-state index in [1.165, 1.54) is 41.9 Å². The summed E-state index contributed by atoms with van der Waals surface area (Å²) in [5.74, 6) is -9.98. The fraction of sp³-hybridized carbons (Fsp3) is 0.0952. The molecule has 3 rings (SSSR count). The summed E-state index contributed by atoms with van der Waals surface area (Å²) in [6.07, 6.45) is 0. The minimum absolute atomic E-state index is 0.0241. The van der Waals surface area contributed by atoms with Crippen LogP contribution in [0.15, 0.2) is 59.5 Å². The Morgan fingerprint density at radius 3 is 2.09 bits per heavy atom. The standard InChI is InChI=1S/C21H15F5N2O4S/c22-15-3-1-2-13(8-15)11-28(10-12-4-6-14(7-5-12)21(29)27-30)33(31,32)17-9-16(23)18(24)20(26)19(17)25/h1-9,30H,10-11H2,(H,27,29). The first-order valence-electron chi connectivity index (χ1n) is 9.15. The van der Waals surface area contributed by atoms with Crippen LogP contribution in [0.25, 0.3) is 0 Å². The minimum atomic E-state index is -4.96. The topological polar surface area (TPSA) is 86.7 Å². The van der Waals surface area contributed by atoms with E-state index in [0.29, 0.717) is 4.31 Å². The smallest absolute Gasteiger partial charge is 0.274 e. The molecule has 0 aliphatic carbocycles. The van der Waals surface area contributed by atoms with E-state index in [4.69, 9.17) is 5.21 Å². The summed E-state index contributed by atoms with van der Waals surface area (Å²) in [6.45, 7) is -1.01. The van der Waals surface area contributed by atoms with Crippen molar-refractivity contribution in [3.63, 3.8) is 0 Å². The quantitative estimate of drug-likeness (QED) is 0.174. The first-order chi connectivity index (χ1) is 15.5. The number of nitrogens with zero attached hydrogens (tertiary/aromatic N) is 1. The SMILES string of the molecule is O=C(NO)c1ccc(CN(Cc2cccc(F)c2)S(=O)(=O)c2cc(F)c(F)c(F)c2F)cc1. The first kappa shape index (κ1) is 24.3. The van der Waals surface area contributed by atoms with Crippen LogP contribution in [0.3, 0.4) is 0 Å². The lowest BCUT2D eigenvalue weighted by atomic mass is 10.1. The van der Waals surface area contributed by atoms with E-state index < -0.39 is 63.0 Å². The molecule has 0 aromatic heterocycles. The Labute approximate surface area is 184 Å². The van der Waals surface area contributed by atoms with Gasteiger partial charge in [-0.25, -0.2) is 35.8 Å². The van der Waals surface area contributed by atoms with Gasteiger partial charge in [0.2, 0.25) is 10.0 Å². The third-order valence-electron chi connectivity index (χ3n) is 4.61. The third kappa shape index (κ3) is 5.18. The zero-order valence-electron chi connectivity index (χ0n) is 16.5. The average Bonchev–Trinajstić information content (AvgIpc) is 2.79. The second-order valence-corrected chi connectivity index (χ2v) is 8.75. The number of carbonyl (C=O) groups is 1. The summed E-state index contributed by atoms with van der Waals surface area (Å²) in [4.78, 5) is 10.0. The molecule has 0 saturated heterocycles. The highest BCUT2D eigenvalue weighted by molar-refractivity contribution is 7.89. The number of hydrogen-bond acceptors (Lipinski definition) is 4. The third-order valence-corrected chi connectivity index (χ3v) is 6.40. The van der Waals surface area contributed by atoms with Crippen LogP contribution in [0.5, 0.6) is 0 Å². The van der Waals surface area contributed by atoms with Gasteiger partial charge in [0.1, 0.15) is 10.7 Å². The maximum absolute atomic E-state index is 14.3. The van der Waals surface area contributed by atoms with Gasteiger partial charge in [-0.1, -0.05) is 24.3 Å². The van der Waals surface area contributed by atoms with Crippen molar-refractivity contribution in [2.75, 3.05) is 0 Å². The molecule has 0 aliphatic rings. The van der Waals surface area contributed by atoms with Gasteiger partial charge in [-0.2, -0.15) is 4.31 Å². The molecular formula is C21H15F5N2O4S. The molecular weight excluding hydrogens is 471 g/mol. The van der Waals surface area contributed by atoms with E-state index in [9.17, 15) is 35.2 Å². The highest BCUT2D eigenvalue weighted by atomic mass is 32.2. The van der Waals surface area contributed by atoms with Crippen LogP contribution in [-0.2, 0) is 23.1 Å². The number of hydrogen-bond donors (Lipinski definition) is 2. The van der Waals surface area contributed by atoms with Crippen LogP contribution in [-0.4, -0.2) is 23.8 Å². The van der Waals surface area contributed by atoms with Crippen molar-refractivity contribution in [1.82, 2.24) is 9.79 Å². The molecule has 0 bridgehead atoms. The van der Waals surface area contributed by atoms with Crippen LogP contribution in [0.2, 0.25) is 0 Å². The van der Waals surface area contributed by atoms with E-state index in [1.807, 2.05) is 0 Å². The summed E-state index contributed by atoms with van der Waals surface area (Å²) < 4.78 is 95.5. The Hall–Kier alpha value is -3.35. The summed E-state index contributed by atoms with van der Waals surface area (Å²) in [7, 11) is -4.96. The fourth-order valence-electron chi connectivity index (χ4n) is 2.97. The van der Waals surface area contributed by atoms with Gasteiger partial charge in [0, 0.05) is 24.7 Å². The number of carbonyl (C=O) groups excluding carboxylic acids is 1. The van der Waals surface area contributed by atoms with Gasteiger partial charge >= 0.3 is 0 Å². The number of nitrogens with one attached hydrogen (secondary N) is 1. The number of hydroxylamine groups is 1. The molecule has 12 heteroatoms. The van der Waals surface area contributed by atoms with Gasteiger partial charge < -0.3 is 0 Å². The zero-order chi connectivity index (χ0) is 24.3. The van der Waals surface area contributed by atoms with Gasteiger partial charge in [-0.3, -0.25) is 10.0 Å². The van der Waals surface area contributed by atoms with E-state index in [0.717, 1.165) is 12.1 Å². The van der Waals surface area contributed by atoms with Crippen LogP contribution in [0.1, 0.15) is 21.5 Å². The summed E-state index contributed by atoms with van der Waals surface area (Å²) >= 11 is 0. The lowest BCUT2D eigenvalue weighted by molar-refractivity contribution is 0.0706. The van der Waals surface area contributed by atoms with E-state index in [1.54, 1.807) is 0 Å². The van der Waals surface area contributed by atoms with Crippen molar-refractivity contribution in [3.8, 4) is 0 Å². The Morgan fingerprint density at radius 1 is 0.848 bits per heavy atom. The van der Waals surface area contributed by atoms with Crippen LogP contribution in [0, 0.1) is 29.1 Å². The maximum atomic E-state index is 14.3. The monoisotopic (exact) mass is 486 g/mol. The molecule has 0 unspecified atom stereocenters. The number of rotatable bonds is 7. The summed E-state index contributed by atoms with van der Waals surface area (Å²) in [5, 5.41) is 8.67. The molecule has 0 saturated carbocycles. The second kappa shape index (κ2) is 9.65. The zero-order valence-corrected chi connectivity index (χ0v) is 17.3. The molecule has 33 heavy (non-hydrogen) atoms. The molecule has 174 valence electrons. The van der Waals surface area contributed by atoms with Crippen molar-refractivity contribution in [3.05, 3.63) is 100 Å². The molecule has 0 radical (unpaired) electrons. The molecule has 3 aromatic carbocycles. The van der Waals surface area contributed by atoms with E-state index in [-0.39, 0.29) is 22.8 Å². The molecule has 2 N–H and O–H groups in total. The largest absolute Gasteiger partial charge is 0.288 e. The molecule has 6 nitrogen and oxygen atoms in total. The minimum Gasteiger partial charge on any atom is -0.288 e. The molecule has 0 aliphatic heterocycles. The maximum Gasteiger partial charge on any atom is 0.274 e. The van der Waals surface area contributed by atoms with Crippen molar-refractivity contribution < 1.29 is 40.4 Å². The Bertz CT molecular complexity index is 1300. The second-order valence-electron chi connectivity index (χ2n) is 6.84. The van der Waals surface area contributed by atoms with Crippen LogP contribution < -0.4 is 5.48 Å². The van der Waals surface area contributed by atoms with E-state index >= 15 is 0 Å². The Morgan fingerprint density at radius 2 is 1.48 bits per heavy atom. The number of halogens is 5. The normalized spacial score (nSPS) is 11.6. The Balaban J connectivity index is 2.06. The van der Waals surface area contributed by atoms with Crippen molar-refractivity contribution in [2.45, 2.75) is 18.0 Å². The highest BCUT2D eigenvalue weighted by Crippen LogP contribution is 2.27. The highest BCUT2D eigenvalue weighted by Gasteiger charge is 2.32. The van der Waals surface area contributed by atoms with Crippen molar-refractivity contribution >= 4 is 15.9 Å². The predicted molar refractivity (Wildman–Crippen MR) is 105 cm³/mol. The molecule has 3 aromatic rings. The lowest BCUT2D eigenvalue weighted by Gasteiger charge is -2.23. The van der Waals surface area contributed by atoms with Gasteiger partial charge in [-0.15, -0.1) is 0 Å². The summed E-state index contributed by atoms with van der Waals surface area (Å²) in [5.41, 5.74) is 1.85. The fourth-order valence-corrected chi connectivity index (χ4v) is 4.46. The van der Waals surface area contributed by atoms with Gasteiger partial charge in [-0.05, 0) is 35.4 Å². The molecule has 0 fully saturated rings. The Kier molecular flexibility index (Phi) is 7.10. The average molecular weight is 486 g/mol. The summed E-state index contributed by atoms with van der Waals surface area (Å²) in [6, 6.07) is 9.98. The van der Waals surface area contributed by atoms with Crippen molar-refractivity contribution in [2.24, 2.45) is 0 Å². The lowest BCUT2D eigenvalue weighted by Crippen LogP contribution is -2.31. The van der Waals surface area contributed by atoms with Crippen LogP contribution in [0.4, 0.5) is 22.0 Å². The van der Waals surface area contributed by atoms with E-state index in [2.05, 4.69) is 0 Å². The molecule has 0 heterocycles. The first-order valence-corrected chi connectivity index (χ1v) is 10.6.